The fourth-order valence-corrected chi connectivity index (χ4v) is 2.32. The van der Waals surface area contributed by atoms with E-state index in [-0.39, 0.29) is 0 Å². The van der Waals surface area contributed by atoms with E-state index in [2.05, 4.69) is 54.8 Å². The van der Waals surface area contributed by atoms with Crippen molar-refractivity contribution >= 4 is 11.8 Å². The van der Waals surface area contributed by atoms with Crippen LogP contribution in [-0.4, -0.2) is 6.26 Å². The summed E-state index contributed by atoms with van der Waals surface area (Å²) < 4.78 is 0. The van der Waals surface area contributed by atoms with Gasteiger partial charge in [-0.25, -0.2) is 0 Å². The molecule has 1 radical (unpaired) electrons. The summed E-state index contributed by atoms with van der Waals surface area (Å²) >= 11 is 1.79. The fraction of sp³-hybridized carbons (Fsp3) is 0.0714. The average Bonchev–Trinajstić information content (AvgIpc) is 2.33. The first-order valence-electron chi connectivity index (χ1n) is 4.93. The molecule has 15 heavy (non-hydrogen) atoms. The lowest BCUT2D eigenvalue weighted by molar-refractivity contribution is 1.39. The van der Waals surface area contributed by atoms with Gasteiger partial charge in [-0.05, 0) is 17.4 Å². The smallest absolute Gasteiger partial charge is 0.0882 e. The topological polar surface area (TPSA) is 0 Å². The largest absolute Gasteiger partial charge is 0.147 e. The number of rotatable bonds is 3. The van der Waals surface area contributed by atoms with Gasteiger partial charge in [-0.2, -0.15) is 0 Å². The quantitative estimate of drug-likeness (QED) is 0.743. The molecule has 0 aliphatic carbocycles. The van der Waals surface area contributed by atoms with Crippen molar-refractivity contribution in [2.45, 2.75) is 0 Å². The lowest BCUT2D eigenvalue weighted by Crippen LogP contribution is -1.96. The molecule has 0 unspecified atom stereocenters. The summed E-state index contributed by atoms with van der Waals surface area (Å²) in [5, 5.41) is 1.33. The van der Waals surface area contributed by atoms with Gasteiger partial charge < -0.3 is 0 Å². The molecule has 2 rings (SSSR count). The van der Waals surface area contributed by atoms with Crippen molar-refractivity contribution in [2.24, 2.45) is 0 Å². The molecule has 0 saturated carbocycles. The Labute approximate surface area is 95.3 Å². The van der Waals surface area contributed by atoms with Crippen molar-refractivity contribution in [3.05, 3.63) is 77.0 Å². The zero-order chi connectivity index (χ0) is 10.5. The van der Waals surface area contributed by atoms with Gasteiger partial charge in [-0.3, -0.25) is 0 Å². The molecule has 0 bridgehead atoms. The Morgan fingerprint density at radius 2 is 1.13 bits per heavy atom. The molecule has 2 aromatic carbocycles. The van der Waals surface area contributed by atoms with Crippen LogP contribution in [0.25, 0.3) is 0 Å². The molecule has 0 nitrogen and oxygen atoms in total. The van der Waals surface area contributed by atoms with E-state index in [4.69, 9.17) is 0 Å². The molecule has 0 N–H and O–H groups in total. The van der Waals surface area contributed by atoms with Crippen molar-refractivity contribution in [1.82, 2.24) is 0 Å². The molecule has 0 aromatic heterocycles. The third-order valence-electron chi connectivity index (χ3n) is 2.28. The maximum Gasteiger partial charge on any atom is 0.0882 e. The highest BCUT2D eigenvalue weighted by atomic mass is 32.2. The molecule has 1 heteroatoms. The Bertz CT molecular complexity index is 355. The van der Waals surface area contributed by atoms with Gasteiger partial charge in [0.15, 0.2) is 0 Å². The first kappa shape index (κ1) is 10.3. The molecule has 0 aliphatic rings. The maximum absolute atomic E-state index is 2.15. The number of hydrogen-bond donors (Lipinski definition) is 0. The molecular formula is C14H13S. The monoisotopic (exact) mass is 213 g/mol. The molecule has 75 valence electrons. The minimum atomic E-state index is 1.29. The highest BCUT2D eigenvalue weighted by Crippen LogP contribution is 2.32. The minimum Gasteiger partial charge on any atom is -0.147 e. The Morgan fingerprint density at radius 3 is 1.47 bits per heavy atom. The molecule has 0 saturated heterocycles. The van der Waals surface area contributed by atoms with Gasteiger partial charge in [0.2, 0.25) is 0 Å². The van der Waals surface area contributed by atoms with E-state index in [1.54, 1.807) is 11.8 Å². The van der Waals surface area contributed by atoms with E-state index in [1.807, 2.05) is 12.1 Å². The van der Waals surface area contributed by atoms with Crippen molar-refractivity contribution in [3.63, 3.8) is 0 Å². The predicted octanol–water partition coefficient (Wildman–Crippen LogP) is 3.98. The molecule has 0 spiro atoms. The zero-order valence-electron chi connectivity index (χ0n) is 8.68. The van der Waals surface area contributed by atoms with Crippen LogP contribution in [0.4, 0.5) is 0 Å². The van der Waals surface area contributed by atoms with Crippen molar-refractivity contribution in [2.75, 3.05) is 6.26 Å². The van der Waals surface area contributed by atoms with E-state index < -0.39 is 0 Å². The van der Waals surface area contributed by atoms with E-state index in [1.165, 1.54) is 16.4 Å². The van der Waals surface area contributed by atoms with Gasteiger partial charge in [0, 0.05) is 0 Å². The summed E-state index contributed by atoms with van der Waals surface area (Å²) in [7, 11) is 0. The van der Waals surface area contributed by atoms with E-state index >= 15 is 0 Å². The summed E-state index contributed by atoms with van der Waals surface area (Å²) in [6.07, 6.45) is 2.12. The first-order chi connectivity index (χ1) is 7.42. The summed E-state index contributed by atoms with van der Waals surface area (Å²) in [4.78, 5) is 0. The van der Waals surface area contributed by atoms with Crippen LogP contribution in [0, 0.1) is 5.25 Å². The predicted molar refractivity (Wildman–Crippen MR) is 67.8 cm³/mol. The van der Waals surface area contributed by atoms with E-state index in [0.29, 0.717) is 0 Å². The second-order valence-corrected chi connectivity index (χ2v) is 4.08. The zero-order valence-corrected chi connectivity index (χ0v) is 9.50. The van der Waals surface area contributed by atoms with Crippen molar-refractivity contribution < 1.29 is 0 Å². The van der Waals surface area contributed by atoms with Gasteiger partial charge in [0.05, 0.1) is 5.25 Å². The molecule has 2 aromatic rings. The Balaban J connectivity index is 2.34. The summed E-state index contributed by atoms with van der Waals surface area (Å²) in [5.41, 5.74) is 2.58. The number of benzene rings is 2. The highest BCUT2D eigenvalue weighted by molar-refractivity contribution is 8.01. The van der Waals surface area contributed by atoms with Gasteiger partial charge in [-0.15, -0.1) is 11.8 Å². The van der Waals surface area contributed by atoms with Crippen molar-refractivity contribution in [3.8, 4) is 0 Å². The molecule has 0 heterocycles. The standard InChI is InChI=1S/C14H13S/c1-15-14(12-8-4-2-5-9-12)13-10-6-3-7-11-13/h2-11H,1H3. The Kier molecular flexibility index (Phi) is 3.46. The number of thioether (sulfide) groups is 1. The van der Waals surface area contributed by atoms with Crippen LogP contribution in [0.2, 0.25) is 0 Å². The van der Waals surface area contributed by atoms with Crippen LogP contribution >= 0.6 is 11.8 Å². The average molecular weight is 213 g/mol. The minimum absolute atomic E-state index is 1.29. The van der Waals surface area contributed by atoms with Crippen LogP contribution in [-0.2, 0) is 0 Å². The second-order valence-electron chi connectivity index (χ2n) is 3.27. The van der Waals surface area contributed by atoms with Gasteiger partial charge >= 0.3 is 0 Å². The van der Waals surface area contributed by atoms with Crippen molar-refractivity contribution in [1.29, 1.82) is 0 Å². The summed E-state index contributed by atoms with van der Waals surface area (Å²) in [6.45, 7) is 0. The lowest BCUT2D eigenvalue weighted by atomic mass is 10.0. The fourth-order valence-electron chi connectivity index (χ4n) is 1.58. The van der Waals surface area contributed by atoms with E-state index in [0.717, 1.165) is 0 Å². The first-order valence-corrected chi connectivity index (χ1v) is 6.16. The summed E-state index contributed by atoms with van der Waals surface area (Å²) in [5.74, 6) is 0. The summed E-state index contributed by atoms with van der Waals surface area (Å²) in [6, 6.07) is 21.0. The van der Waals surface area contributed by atoms with Crippen LogP contribution < -0.4 is 0 Å². The van der Waals surface area contributed by atoms with Crippen LogP contribution in [0.3, 0.4) is 0 Å². The van der Waals surface area contributed by atoms with Crippen LogP contribution in [0.5, 0.6) is 0 Å². The highest BCUT2D eigenvalue weighted by Gasteiger charge is 2.12. The van der Waals surface area contributed by atoms with E-state index in [9.17, 15) is 0 Å². The number of hydrogen-bond acceptors (Lipinski definition) is 1. The van der Waals surface area contributed by atoms with Gasteiger partial charge in [0.25, 0.3) is 0 Å². The maximum atomic E-state index is 2.15. The van der Waals surface area contributed by atoms with Gasteiger partial charge in [0.1, 0.15) is 0 Å². The lowest BCUT2D eigenvalue weighted by Gasteiger charge is -2.13. The third-order valence-corrected chi connectivity index (χ3v) is 3.16. The third kappa shape index (κ3) is 2.42. The van der Waals surface area contributed by atoms with Crippen LogP contribution in [0.15, 0.2) is 60.7 Å². The molecular weight excluding hydrogens is 200 g/mol. The second kappa shape index (κ2) is 5.04. The molecule has 0 aliphatic heterocycles. The normalized spacial score (nSPS) is 10.5. The van der Waals surface area contributed by atoms with Crippen LogP contribution in [0.1, 0.15) is 11.1 Å². The Morgan fingerprint density at radius 1 is 0.733 bits per heavy atom. The molecule has 0 amide bonds. The molecule has 0 fully saturated rings. The SMILES string of the molecule is CS[C](c1ccccc1)c1ccccc1. The Hall–Kier alpha value is -1.21. The molecule has 0 atom stereocenters. The van der Waals surface area contributed by atoms with Gasteiger partial charge in [-0.1, -0.05) is 60.7 Å².